The summed E-state index contributed by atoms with van der Waals surface area (Å²) in [6.07, 6.45) is 6.41. The van der Waals surface area contributed by atoms with Crippen LogP contribution in [0.25, 0.3) is 0 Å². The Morgan fingerprint density at radius 3 is 2.50 bits per heavy atom. The molecule has 3 nitrogen and oxygen atoms in total. The van der Waals surface area contributed by atoms with Crippen molar-refractivity contribution in [2.24, 2.45) is 5.92 Å². The number of ether oxygens (including phenoxy) is 1. The quantitative estimate of drug-likeness (QED) is 0.837. The molecule has 0 bridgehead atoms. The highest BCUT2D eigenvalue weighted by Crippen LogP contribution is 2.29. The second-order valence-electron chi connectivity index (χ2n) is 6.38. The van der Waals surface area contributed by atoms with Crippen LogP contribution >= 0.6 is 11.6 Å². The average Bonchev–Trinajstić information content (AvgIpc) is 3.08. The molecule has 1 saturated carbocycles. The van der Waals surface area contributed by atoms with Gasteiger partial charge in [-0.05, 0) is 37.3 Å². The minimum atomic E-state index is 0.122. The second kappa shape index (κ2) is 7.47. The van der Waals surface area contributed by atoms with Crippen LogP contribution in [0.4, 0.5) is 0 Å². The molecule has 1 heterocycles. The molecule has 0 aromatic heterocycles. The molecule has 0 spiro atoms. The normalized spacial score (nSPS) is 20.2. The zero-order chi connectivity index (χ0) is 15.4. The van der Waals surface area contributed by atoms with E-state index in [0.717, 1.165) is 36.3 Å². The standard InChI is InChI=1S/C18H24ClNO2/c19-17-8-4-1-5-15(17)13-20(16-6-2-3-7-16)18(21)14-9-11-22-12-10-14/h1,4-5,8,14,16H,2-3,6-7,9-13H2. The van der Waals surface area contributed by atoms with Crippen LogP contribution in [0.5, 0.6) is 0 Å². The third-order valence-corrected chi connectivity index (χ3v) is 5.29. The first-order chi connectivity index (χ1) is 10.8. The van der Waals surface area contributed by atoms with Crippen LogP contribution in [-0.2, 0) is 16.1 Å². The van der Waals surface area contributed by atoms with Gasteiger partial charge >= 0.3 is 0 Å². The zero-order valence-electron chi connectivity index (χ0n) is 13.0. The van der Waals surface area contributed by atoms with Crippen LogP contribution in [-0.4, -0.2) is 30.1 Å². The number of hydrogen-bond donors (Lipinski definition) is 0. The van der Waals surface area contributed by atoms with Crippen LogP contribution < -0.4 is 0 Å². The average molecular weight is 322 g/mol. The number of halogens is 1. The maximum atomic E-state index is 13.0. The Hall–Kier alpha value is -1.06. The first-order valence-corrected chi connectivity index (χ1v) is 8.75. The molecule has 0 radical (unpaired) electrons. The molecule has 22 heavy (non-hydrogen) atoms. The van der Waals surface area contributed by atoms with E-state index in [1.807, 2.05) is 24.3 Å². The van der Waals surface area contributed by atoms with Gasteiger partial charge in [-0.3, -0.25) is 4.79 Å². The zero-order valence-corrected chi connectivity index (χ0v) is 13.7. The van der Waals surface area contributed by atoms with E-state index in [0.29, 0.717) is 31.7 Å². The molecular weight excluding hydrogens is 298 g/mol. The van der Waals surface area contributed by atoms with Crippen molar-refractivity contribution in [1.82, 2.24) is 4.90 Å². The topological polar surface area (TPSA) is 29.5 Å². The van der Waals surface area contributed by atoms with Crippen molar-refractivity contribution >= 4 is 17.5 Å². The van der Waals surface area contributed by atoms with Gasteiger partial charge in [-0.15, -0.1) is 0 Å². The number of amides is 1. The lowest BCUT2D eigenvalue weighted by atomic mass is 9.97. The molecule has 1 amide bonds. The summed E-state index contributed by atoms with van der Waals surface area (Å²) >= 11 is 6.31. The molecular formula is C18H24ClNO2. The lowest BCUT2D eigenvalue weighted by molar-refractivity contribution is -0.141. The summed E-state index contributed by atoms with van der Waals surface area (Å²) in [5.74, 6) is 0.423. The van der Waals surface area contributed by atoms with Crippen molar-refractivity contribution < 1.29 is 9.53 Å². The van der Waals surface area contributed by atoms with E-state index < -0.39 is 0 Å². The van der Waals surface area contributed by atoms with Gasteiger partial charge in [0.05, 0.1) is 0 Å². The summed E-state index contributed by atoms with van der Waals surface area (Å²) in [6, 6.07) is 8.25. The monoisotopic (exact) mass is 321 g/mol. The van der Waals surface area contributed by atoms with Crippen molar-refractivity contribution in [2.45, 2.75) is 51.1 Å². The number of carbonyl (C=O) groups is 1. The maximum Gasteiger partial charge on any atom is 0.226 e. The number of rotatable bonds is 4. The number of hydrogen-bond acceptors (Lipinski definition) is 2. The van der Waals surface area contributed by atoms with Crippen LogP contribution in [0.1, 0.15) is 44.1 Å². The van der Waals surface area contributed by atoms with E-state index in [2.05, 4.69) is 4.90 Å². The Labute approximate surface area is 137 Å². The molecule has 0 unspecified atom stereocenters. The fourth-order valence-electron chi connectivity index (χ4n) is 3.59. The molecule has 1 saturated heterocycles. The van der Waals surface area contributed by atoms with Gasteiger partial charge in [0.1, 0.15) is 0 Å². The van der Waals surface area contributed by atoms with Gasteiger partial charge in [0, 0.05) is 36.7 Å². The van der Waals surface area contributed by atoms with Gasteiger partial charge in [0.25, 0.3) is 0 Å². The molecule has 120 valence electrons. The van der Waals surface area contributed by atoms with Crippen LogP contribution in [0.15, 0.2) is 24.3 Å². The molecule has 3 rings (SSSR count). The fraction of sp³-hybridized carbons (Fsp3) is 0.611. The van der Waals surface area contributed by atoms with Gasteiger partial charge < -0.3 is 9.64 Å². The molecule has 1 aliphatic heterocycles. The van der Waals surface area contributed by atoms with E-state index in [9.17, 15) is 4.79 Å². The molecule has 4 heteroatoms. The Kier molecular flexibility index (Phi) is 5.37. The van der Waals surface area contributed by atoms with Gasteiger partial charge in [-0.1, -0.05) is 42.6 Å². The Balaban J connectivity index is 1.77. The number of carbonyl (C=O) groups excluding carboxylic acids is 1. The minimum absolute atomic E-state index is 0.122. The lowest BCUT2D eigenvalue weighted by Gasteiger charge is -2.34. The highest BCUT2D eigenvalue weighted by Gasteiger charge is 2.32. The van der Waals surface area contributed by atoms with Crippen molar-refractivity contribution in [2.75, 3.05) is 13.2 Å². The molecule has 2 fully saturated rings. The predicted molar refractivity (Wildman–Crippen MR) is 87.8 cm³/mol. The van der Waals surface area contributed by atoms with E-state index in [4.69, 9.17) is 16.3 Å². The van der Waals surface area contributed by atoms with Gasteiger partial charge in [-0.2, -0.15) is 0 Å². The Morgan fingerprint density at radius 2 is 1.82 bits per heavy atom. The van der Waals surface area contributed by atoms with E-state index in [1.54, 1.807) is 0 Å². The summed E-state index contributed by atoms with van der Waals surface area (Å²) in [5.41, 5.74) is 1.05. The second-order valence-corrected chi connectivity index (χ2v) is 6.79. The first kappa shape index (κ1) is 15.8. The van der Waals surface area contributed by atoms with E-state index in [-0.39, 0.29) is 5.92 Å². The molecule has 0 N–H and O–H groups in total. The predicted octanol–water partition coefficient (Wildman–Crippen LogP) is 4.04. The lowest BCUT2D eigenvalue weighted by Crippen LogP contribution is -2.43. The molecule has 1 aromatic rings. The fourth-order valence-corrected chi connectivity index (χ4v) is 3.79. The van der Waals surface area contributed by atoms with Crippen molar-refractivity contribution in [1.29, 1.82) is 0 Å². The molecule has 0 atom stereocenters. The van der Waals surface area contributed by atoms with Gasteiger partial charge in [0.2, 0.25) is 5.91 Å². The summed E-state index contributed by atoms with van der Waals surface area (Å²) in [7, 11) is 0. The molecule has 1 aliphatic carbocycles. The maximum absolute atomic E-state index is 13.0. The van der Waals surface area contributed by atoms with E-state index in [1.165, 1.54) is 12.8 Å². The summed E-state index contributed by atoms with van der Waals surface area (Å²) in [5, 5.41) is 0.755. The SMILES string of the molecule is O=C(C1CCOCC1)N(Cc1ccccc1Cl)C1CCCC1. The minimum Gasteiger partial charge on any atom is -0.381 e. The van der Waals surface area contributed by atoms with Crippen molar-refractivity contribution in [3.05, 3.63) is 34.9 Å². The van der Waals surface area contributed by atoms with Crippen LogP contribution in [0.2, 0.25) is 5.02 Å². The van der Waals surface area contributed by atoms with Gasteiger partial charge in [-0.25, -0.2) is 0 Å². The first-order valence-electron chi connectivity index (χ1n) is 8.37. The van der Waals surface area contributed by atoms with E-state index >= 15 is 0 Å². The molecule has 1 aromatic carbocycles. The number of benzene rings is 1. The summed E-state index contributed by atoms with van der Waals surface area (Å²) in [6.45, 7) is 2.06. The van der Waals surface area contributed by atoms with Crippen LogP contribution in [0, 0.1) is 5.92 Å². The Bertz CT molecular complexity index is 508. The third-order valence-electron chi connectivity index (χ3n) is 4.92. The van der Waals surface area contributed by atoms with Crippen molar-refractivity contribution in [3.63, 3.8) is 0 Å². The van der Waals surface area contributed by atoms with Crippen LogP contribution in [0.3, 0.4) is 0 Å². The summed E-state index contributed by atoms with van der Waals surface area (Å²) < 4.78 is 5.40. The highest BCUT2D eigenvalue weighted by atomic mass is 35.5. The largest absolute Gasteiger partial charge is 0.381 e. The Morgan fingerprint density at radius 1 is 1.14 bits per heavy atom. The van der Waals surface area contributed by atoms with Gasteiger partial charge in [0.15, 0.2) is 0 Å². The van der Waals surface area contributed by atoms with Crippen molar-refractivity contribution in [3.8, 4) is 0 Å². The number of nitrogens with zero attached hydrogens (tertiary/aromatic N) is 1. The highest BCUT2D eigenvalue weighted by molar-refractivity contribution is 6.31. The molecule has 2 aliphatic rings. The summed E-state index contributed by atoms with van der Waals surface area (Å²) in [4.78, 5) is 15.1. The smallest absolute Gasteiger partial charge is 0.226 e. The third kappa shape index (κ3) is 3.64.